The van der Waals surface area contributed by atoms with Crippen LogP contribution in [0.25, 0.3) is 10.6 Å². The standard InChI is InChI=1S/C23H27N3O2S/c1-5-28-20-11-9-18(10-12-20)23-24-19(15-29-23)13-26(4)14-21(27)25-22-16(2)7-6-8-17(22)3/h6-12,15H,5,13-14H2,1-4H3,(H,25,27). The maximum Gasteiger partial charge on any atom is 0.238 e. The Balaban J connectivity index is 1.57. The van der Waals surface area contributed by atoms with E-state index in [1.807, 2.05) is 80.6 Å². The zero-order valence-electron chi connectivity index (χ0n) is 17.4. The Morgan fingerprint density at radius 3 is 2.48 bits per heavy atom. The molecule has 0 bridgehead atoms. The summed E-state index contributed by atoms with van der Waals surface area (Å²) in [5.41, 5.74) is 5.07. The molecule has 1 amide bonds. The fourth-order valence-corrected chi connectivity index (χ4v) is 3.96. The number of carbonyl (C=O) groups is 1. The predicted molar refractivity (Wildman–Crippen MR) is 120 cm³/mol. The highest BCUT2D eigenvalue weighted by Gasteiger charge is 2.12. The van der Waals surface area contributed by atoms with Crippen LogP contribution in [0.4, 0.5) is 5.69 Å². The van der Waals surface area contributed by atoms with Crippen LogP contribution in [0.3, 0.4) is 0 Å². The van der Waals surface area contributed by atoms with E-state index < -0.39 is 0 Å². The zero-order valence-corrected chi connectivity index (χ0v) is 18.2. The number of hydrogen-bond donors (Lipinski definition) is 1. The van der Waals surface area contributed by atoms with Gasteiger partial charge in [-0.25, -0.2) is 4.98 Å². The minimum atomic E-state index is -0.0214. The number of hydrogen-bond acceptors (Lipinski definition) is 5. The van der Waals surface area contributed by atoms with Gasteiger partial charge in [-0.2, -0.15) is 0 Å². The van der Waals surface area contributed by atoms with E-state index in [0.717, 1.165) is 38.8 Å². The van der Waals surface area contributed by atoms with Gasteiger partial charge in [0.25, 0.3) is 0 Å². The third kappa shape index (κ3) is 5.65. The molecule has 3 aromatic rings. The minimum Gasteiger partial charge on any atom is -0.494 e. The van der Waals surface area contributed by atoms with Gasteiger partial charge in [-0.3, -0.25) is 9.69 Å². The molecular weight excluding hydrogens is 382 g/mol. The predicted octanol–water partition coefficient (Wildman–Crippen LogP) is 4.90. The van der Waals surface area contributed by atoms with Crippen LogP contribution in [0.5, 0.6) is 5.75 Å². The molecule has 29 heavy (non-hydrogen) atoms. The second-order valence-electron chi connectivity index (χ2n) is 7.09. The van der Waals surface area contributed by atoms with Crippen molar-refractivity contribution in [1.29, 1.82) is 0 Å². The number of anilines is 1. The Hall–Kier alpha value is -2.70. The van der Waals surface area contributed by atoms with E-state index in [1.54, 1.807) is 11.3 Å². The van der Waals surface area contributed by atoms with Crippen LogP contribution >= 0.6 is 11.3 Å². The number of ether oxygens (including phenoxy) is 1. The molecule has 0 atom stereocenters. The normalized spacial score (nSPS) is 10.9. The van der Waals surface area contributed by atoms with Crippen LogP contribution in [0.1, 0.15) is 23.7 Å². The summed E-state index contributed by atoms with van der Waals surface area (Å²) in [6.45, 7) is 7.56. The molecule has 0 fully saturated rings. The molecule has 1 aromatic heterocycles. The van der Waals surface area contributed by atoms with E-state index in [-0.39, 0.29) is 5.91 Å². The van der Waals surface area contributed by atoms with Crippen molar-refractivity contribution >= 4 is 22.9 Å². The van der Waals surface area contributed by atoms with Crippen molar-refractivity contribution in [3.8, 4) is 16.3 Å². The number of aryl methyl sites for hydroxylation is 2. The smallest absolute Gasteiger partial charge is 0.238 e. The highest BCUT2D eigenvalue weighted by molar-refractivity contribution is 7.13. The van der Waals surface area contributed by atoms with Crippen LogP contribution in [-0.2, 0) is 11.3 Å². The van der Waals surface area contributed by atoms with Gasteiger partial charge in [0.2, 0.25) is 5.91 Å². The van der Waals surface area contributed by atoms with Crippen LogP contribution in [0.15, 0.2) is 47.8 Å². The Labute approximate surface area is 176 Å². The van der Waals surface area contributed by atoms with Gasteiger partial charge in [0.1, 0.15) is 10.8 Å². The van der Waals surface area contributed by atoms with Crippen molar-refractivity contribution in [2.24, 2.45) is 0 Å². The third-order valence-corrected chi connectivity index (χ3v) is 5.50. The van der Waals surface area contributed by atoms with E-state index in [2.05, 4.69) is 5.32 Å². The summed E-state index contributed by atoms with van der Waals surface area (Å²) in [5.74, 6) is 0.842. The number of carbonyl (C=O) groups excluding carboxylic acids is 1. The molecule has 0 saturated heterocycles. The molecule has 5 nitrogen and oxygen atoms in total. The van der Waals surface area contributed by atoms with Gasteiger partial charge in [-0.15, -0.1) is 11.3 Å². The van der Waals surface area contributed by atoms with Crippen molar-refractivity contribution in [3.05, 3.63) is 64.7 Å². The first-order valence-corrected chi connectivity index (χ1v) is 10.6. The van der Waals surface area contributed by atoms with Gasteiger partial charge in [-0.05, 0) is 63.2 Å². The molecule has 152 valence electrons. The highest BCUT2D eigenvalue weighted by Crippen LogP contribution is 2.26. The molecule has 0 aliphatic carbocycles. The fraction of sp³-hybridized carbons (Fsp3) is 0.304. The summed E-state index contributed by atoms with van der Waals surface area (Å²) in [5, 5.41) is 6.05. The Morgan fingerprint density at radius 2 is 1.83 bits per heavy atom. The highest BCUT2D eigenvalue weighted by atomic mass is 32.1. The lowest BCUT2D eigenvalue weighted by atomic mass is 10.1. The summed E-state index contributed by atoms with van der Waals surface area (Å²) >= 11 is 1.61. The van der Waals surface area contributed by atoms with Crippen molar-refractivity contribution in [2.75, 3.05) is 25.5 Å². The second kappa shape index (κ2) is 9.67. The number of likely N-dealkylation sites (N-methyl/N-ethyl adjacent to an activating group) is 1. The summed E-state index contributed by atoms with van der Waals surface area (Å²) in [4.78, 5) is 19.1. The molecular formula is C23H27N3O2S. The fourth-order valence-electron chi connectivity index (χ4n) is 3.14. The van der Waals surface area contributed by atoms with Gasteiger partial charge in [0.15, 0.2) is 0 Å². The zero-order chi connectivity index (χ0) is 20.8. The van der Waals surface area contributed by atoms with Crippen molar-refractivity contribution in [3.63, 3.8) is 0 Å². The van der Waals surface area contributed by atoms with Crippen LogP contribution < -0.4 is 10.1 Å². The van der Waals surface area contributed by atoms with Gasteiger partial charge >= 0.3 is 0 Å². The third-order valence-electron chi connectivity index (χ3n) is 4.56. The average Bonchev–Trinajstić information content (AvgIpc) is 3.14. The lowest BCUT2D eigenvalue weighted by Gasteiger charge is -2.16. The van der Waals surface area contributed by atoms with Crippen LogP contribution in [0, 0.1) is 13.8 Å². The monoisotopic (exact) mass is 409 g/mol. The number of nitrogens with one attached hydrogen (secondary N) is 1. The molecule has 0 saturated carbocycles. The van der Waals surface area contributed by atoms with Crippen LogP contribution in [0.2, 0.25) is 0 Å². The maximum atomic E-state index is 12.4. The van der Waals surface area contributed by atoms with Crippen molar-refractivity contribution < 1.29 is 9.53 Å². The Kier molecular flexibility index (Phi) is 7.01. The van der Waals surface area contributed by atoms with Gasteiger partial charge < -0.3 is 10.1 Å². The first kappa shape index (κ1) is 21.0. The summed E-state index contributed by atoms with van der Waals surface area (Å²) in [7, 11) is 1.93. The number of thiazole rings is 1. The number of aromatic nitrogens is 1. The van der Waals surface area contributed by atoms with Crippen molar-refractivity contribution in [1.82, 2.24) is 9.88 Å². The second-order valence-corrected chi connectivity index (χ2v) is 7.95. The number of nitrogens with zero attached hydrogens (tertiary/aromatic N) is 2. The topological polar surface area (TPSA) is 54.5 Å². The van der Waals surface area contributed by atoms with Crippen LogP contribution in [-0.4, -0.2) is 36.0 Å². The van der Waals surface area contributed by atoms with Crippen molar-refractivity contribution in [2.45, 2.75) is 27.3 Å². The molecule has 0 aliphatic rings. The summed E-state index contributed by atoms with van der Waals surface area (Å²) < 4.78 is 5.49. The molecule has 0 spiro atoms. The molecule has 6 heteroatoms. The lowest BCUT2D eigenvalue weighted by molar-refractivity contribution is -0.117. The van der Waals surface area contributed by atoms with E-state index in [9.17, 15) is 4.79 Å². The molecule has 3 rings (SSSR count). The summed E-state index contributed by atoms with van der Waals surface area (Å²) in [6.07, 6.45) is 0. The van der Waals surface area contributed by atoms with E-state index >= 15 is 0 Å². The lowest BCUT2D eigenvalue weighted by Crippen LogP contribution is -2.30. The van der Waals surface area contributed by atoms with E-state index in [1.165, 1.54) is 0 Å². The number of benzene rings is 2. The molecule has 1 heterocycles. The maximum absolute atomic E-state index is 12.4. The largest absolute Gasteiger partial charge is 0.494 e. The number of para-hydroxylation sites is 1. The quantitative estimate of drug-likeness (QED) is 0.575. The molecule has 0 unspecified atom stereocenters. The first-order valence-electron chi connectivity index (χ1n) is 9.68. The number of rotatable bonds is 8. The van der Waals surface area contributed by atoms with E-state index in [0.29, 0.717) is 19.7 Å². The minimum absolute atomic E-state index is 0.0214. The molecule has 0 radical (unpaired) electrons. The number of amides is 1. The molecule has 0 aliphatic heterocycles. The molecule has 2 aromatic carbocycles. The van der Waals surface area contributed by atoms with Gasteiger partial charge in [-0.1, -0.05) is 18.2 Å². The molecule has 1 N–H and O–H groups in total. The summed E-state index contributed by atoms with van der Waals surface area (Å²) in [6, 6.07) is 14.0. The van der Waals surface area contributed by atoms with Gasteiger partial charge in [0, 0.05) is 23.2 Å². The average molecular weight is 410 g/mol. The first-order chi connectivity index (χ1) is 14.0. The Morgan fingerprint density at radius 1 is 1.14 bits per heavy atom. The van der Waals surface area contributed by atoms with E-state index in [4.69, 9.17) is 9.72 Å². The SMILES string of the molecule is CCOc1ccc(-c2nc(CN(C)CC(=O)Nc3c(C)cccc3C)cs2)cc1. The Bertz CT molecular complexity index is 946. The van der Waals surface area contributed by atoms with Gasteiger partial charge in [0.05, 0.1) is 18.8 Å².